The number of aromatic nitrogens is 1. The molecule has 0 bridgehead atoms. The van der Waals surface area contributed by atoms with Gasteiger partial charge in [0.2, 0.25) is 0 Å². The summed E-state index contributed by atoms with van der Waals surface area (Å²) in [6.07, 6.45) is 1.87. The van der Waals surface area contributed by atoms with E-state index in [0.717, 1.165) is 41.7 Å². The molecule has 0 saturated carbocycles. The molecule has 3 aromatic rings. The topological polar surface area (TPSA) is 84.2 Å². The number of nitrogens with zero attached hydrogens (tertiary/aromatic N) is 1. The van der Waals surface area contributed by atoms with Gasteiger partial charge in [-0.05, 0) is 56.1 Å². The summed E-state index contributed by atoms with van der Waals surface area (Å²) in [5.74, 6) is 0.517. The van der Waals surface area contributed by atoms with Crippen molar-refractivity contribution in [2.45, 2.75) is 32.2 Å². The molecule has 0 atom stereocenters. The van der Waals surface area contributed by atoms with E-state index in [1.54, 1.807) is 12.4 Å². The zero-order chi connectivity index (χ0) is 18.8. The molecule has 0 aliphatic carbocycles. The van der Waals surface area contributed by atoms with Crippen LogP contribution in [0.2, 0.25) is 0 Å². The van der Waals surface area contributed by atoms with Gasteiger partial charge in [0.05, 0.1) is 15.7 Å². The molecule has 0 unspecified atom stereocenters. The maximum absolute atomic E-state index is 12.6. The molecule has 6 nitrogen and oxygen atoms in total. The van der Waals surface area contributed by atoms with Gasteiger partial charge in [-0.2, -0.15) is 0 Å². The van der Waals surface area contributed by atoms with Crippen LogP contribution < -0.4 is 16.3 Å². The van der Waals surface area contributed by atoms with Crippen molar-refractivity contribution < 1.29 is 9.21 Å². The molecule has 156 valence electrons. The number of fused-ring (bicyclic) bond motifs is 1. The predicted octanol–water partition coefficient (Wildman–Crippen LogP) is 3.80. The van der Waals surface area contributed by atoms with Gasteiger partial charge < -0.3 is 15.1 Å². The number of amides is 1. The van der Waals surface area contributed by atoms with E-state index in [9.17, 15) is 9.59 Å². The number of hydrogen-bond donors (Lipinski definition) is 2. The monoisotopic (exact) mass is 455 g/mol. The average molecular weight is 456 g/mol. The smallest absolute Gasteiger partial charge is 0.349 e. The highest BCUT2D eigenvalue weighted by Gasteiger charge is 2.22. The Labute approximate surface area is 184 Å². The van der Waals surface area contributed by atoms with Gasteiger partial charge >= 0.3 is 5.63 Å². The molecule has 0 spiro atoms. The molecule has 1 aliphatic heterocycles. The molecule has 1 fully saturated rings. The highest BCUT2D eigenvalue weighted by Crippen LogP contribution is 2.25. The summed E-state index contributed by atoms with van der Waals surface area (Å²) in [5, 5.41) is 6.15. The molecule has 4 rings (SSSR count). The minimum atomic E-state index is -0.558. The average Bonchev–Trinajstić information content (AvgIpc) is 3.16. The van der Waals surface area contributed by atoms with E-state index in [-0.39, 0.29) is 36.3 Å². The molecule has 2 N–H and O–H groups in total. The number of aryl methyl sites for hydroxylation is 1. The first-order valence-corrected chi connectivity index (χ1v) is 9.96. The van der Waals surface area contributed by atoms with Gasteiger partial charge in [-0.15, -0.1) is 36.2 Å². The summed E-state index contributed by atoms with van der Waals surface area (Å²) in [4.78, 5) is 29.4. The van der Waals surface area contributed by atoms with Crippen LogP contribution in [0.1, 0.15) is 46.0 Å². The number of thiazole rings is 1. The zero-order valence-corrected chi connectivity index (χ0v) is 18.3. The maximum Gasteiger partial charge on any atom is 0.349 e. The molecule has 9 heteroatoms. The van der Waals surface area contributed by atoms with Crippen molar-refractivity contribution in [3.05, 3.63) is 62.6 Å². The summed E-state index contributed by atoms with van der Waals surface area (Å²) in [6.45, 7) is 3.96. The van der Waals surface area contributed by atoms with Gasteiger partial charge in [0.1, 0.15) is 11.3 Å². The third kappa shape index (κ3) is 4.98. The van der Waals surface area contributed by atoms with Gasteiger partial charge in [-0.1, -0.05) is 12.1 Å². The number of carbonyl (C=O) groups excluding carboxylic acids is 1. The fraction of sp³-hybridized carbons (Fsp3) is 0.350. The molecule has 3 heterocycles. The molecule has 0 radical (unpaired) electrons. The minimum absolute atomic E-state index is 0. The third-order valence-corrected chi connectivity index (χ3v) is 5.93. The van der Waals surface area contributed by atoms with Crippen LogP contribution >= 0.6 is 36.2 Å². The first kappa shape index (κ1) is 23.3. The Morgan fingerprint density at radius 1 is 1.31 bits per heavy atom. The number of piperidine rings is 1. The number of nitrogens with one attached hydrogen (secondary N) is 2. The molecule has 1 aliphatic rings. The second-order valence-electron chi connectivity index (χ2n) is 6.82. The lowest BCUT2D eigenvalue weighted by molar-refractivity contribution is 0.0945. The SMILES string of the molecule is Cc1cc(C2CCNCC2)oc(=O)c1C(=O)NCc1cccc2ncsc12.Cl.Cl. The Kier molecular flexibility index (Phi) is 8.22. The van der Waals surface area contributed by atoms with Crippen LogP contribution in [0.15, 0.2) is 39.0 Å². The fourth-order valence-electron chi connectivity index (χ4n) is 3.56. The van der Waals surface area contributed by atoms with Crippen LogP contribution in [0, 0.1) is 6.92 Å². The molecule has 2 aromatic heterocycles. The molecule has 1 amide bonds. The summed E-state index contributed by atoms with van der Waals surface area (Å²) < 4.78 is 6.55. The van der Waals surface area contributed by atoms with Crippen LogP contribution in [0.4, 0.5) is 0 Å². The Morgan fingerprint density at radius 3 is 2.79 bits per heavy atom. The van der Waals surface area contributed by atoms with Gasteiger partial charge in [0.25, 0.3) is 5.91 Å². The number of halogens is 2. The van der Waals surface area contributed by atoms with E-state index < -0.39 is 11.5 Å². The third-order valence-electron chi connectivity index (χ3n) is 5.01. The zero-order valence-electron chi connectivity index (χ0n) is 15.9. The van der Waals surface area contributed by atoms with Crippen LogP contribution in [-0.4, -0.2) is 24.0 Å². The van der Waals surface area contributed by atoms with Crippen LogP contribution in [0.3, 0.4) is 0 Å². The molecule has 1 aromatic carbocycles. The molecule has 29 heavy (non-hydrogen) atoms. The lowest BCUT2D eigenvalue weighted by Gasteiger charge is -2.21. The van der Waals surface area contributed by atoms with Crippen molar-refractivity contribution >= 4 is 52.3 Å². The Morgan fingerprint density at radius 2 is 2.07 bits per heavy atom. The van der Waals surface area contributed by atoms with Crippen molar-refractivity contribution in [2.75, 3.05) is 13.1 Å². The Hall–Kier alpha value is -1.93. The quantitative estimate of drug-likeness (QED) is 0.624. The first-order valence-electron chi connectivity index (χ1n) is 9.08. The fourth-order valence-corrected chi connectivity index (χ4v) is 4.37. The second-order valence-corrected chi connectivity index (χ2v) is 7.67. The first-order chi connectivity index (χ1) is 13.1. The van der Waals surface area contributed by atoms with Crippen molar-refractivity contribution in [2.24, 2.45) is 0 Å². The second kappa shape index (κ2) is 10.2. The highest BCUT2D eigenvalue weighted by atomic mass is 35.5. The standard InChI is InChI=1S/C20H21N3O3S.2ClH/c1-12-9-16(13-5-7-21-8-6-13)26-20(25)17(12)19(24)22-10-14-3-2-4-15-18(14)27-11-23-15;;/h2-4,9,11,13,21H,5-8,10H2,1H3,(H,22,24);2*1H. The van der Waals surface area contributed by atoms with Gasteiger partial charge in [0.15, 0.2) is 0 Å². The Balaban J connectivity index is 0.00000150. The molecular weight excluding hydrogens is 433 g/mol. The molecular formula is C20H23Cl2N3O3S. The van der Waals surface area contributed by atoms with Crippen LogP contribution in [-0.2, 0) is 6.54 Å². The van der Waals surface area contributed by atoms with Crippen LogP contribution in [0.25, 0.3) is 10.2 Å². The summed E-state index contributed by atoms with van der Waals surface area (Å²) in [5.41, 5.74) is 3.87. The molecule has 1 saturated heterocycles. The summed E-state index contributed by atoms with van der Waals surface area (Å²) in [7, 11) is 0. The van der Waals surface area contributed by atoms with E-state index in [1.807, 2.05) is 24.3 Å². The normalized spacial score (nSPS) is 14.1. The van der Waals surface area contributed by atoms with Gasteiger partial charge in [0, 0.05) is 12.5 Å². The Bertz CT molecular complexity index is 1040. The van der Waals surface area contributed by atoms with Crippen LogP contribution in [0.5, 0.6) is 0 Å². The minimum Gasteiger partial charge on any atom is -0.427 e. The van der Waals surface area contributed by atoms with E-state index in [1.165, 1.54) is 11.3 Å². The number of rotatable bonds is 4. The van der Waals surface area contributed by atoms with Crippen molar-refractivity contribution in [1.82, 2.24) is 15.6 Å². The lowest BCUT2D eigenvalue weighted by Crippen LogP contribution is -2.30. The van der Waals surface area contributed by atoms with E-state index in [2.05, 4.69) is 15.6 Å². The maximum atomic E-state index is 12.6. The van der Waals surface area contributed by atoms with E-state index >= 15 is 0 Å². The van der Waals surface area contributed by atoms with Crippen molar-refractivity contribution in [3.8, 4) is 0 Å². The summed E-state index contributed by atoms with van der Waals surface area (Å²) in [6, 6.07) is 7.65. The van der Waals surface area contributed by atoms with Gasteiger partial charge in [-0.25, -0.2) is 9.78 Å². The van der Waals surface area contributed by atoms with Gasteiger partial charge in [-0.3, -0.25) is 4.79 Å². The van der Waals surface area contributed by atoms with Crippen molar-refractivity contribution in [1.29, 1.82) is 0 Å². The number of carbonyl (C=O) groups is 1. The lowest BCUT2D eigenvalue weighted by atomic mass is 9.94. The number of hydrogen-bond acceptors (Lipinski definition) is 6. The summed E-state index contributed by atoms with van der Waals surface area (Å²) >= 11 is 1.54. The van der Waals surface area contributed by atoms with E-state index in [0.29, 0.717) is 17.9 Å². The largest absolute Gasteiger partial charge is 0.427 e. The van der Waals surface area contributed by atoms with Crippen molar-refractivity contribution in [3.63, 3.8) is 0 Å². The highest BCUT2D eigenvalue weighted by molar-refractivity contribution is 7.16. The van der Waals surface area contributed by atoms with E-state index in [4.69, 9.17) is 4.42 Å². The number of benzene rings is 1. The predicted molar refractivity (Wildman–Crippen MR) is 120 cm³/mol.